The first-order valence-corrected chi connectivity index (χ1v) is 12.1. The molecule has 0 spiro atoms. The van der Waals surface area contributed by atoms with Crippen LogP contribution in [0, 0.1) is 0 Å². The molecule has 4 nitrogen and oxygen atoms in total. The SMILES string of the molecule is CCc1ccc(N(Cc2ccc(Br)cc2)C(=O)Nc2c(CC)c(N)cc(Cl)c2CC)cc1. The van der Waals surface area contributed by atoms with Crippen molar-refractivity contribution in [1.82, 2.24) is 0 Å². The molecule has 0 aliphatic carbocycles. The summed E-state index contributed by atoms with van der Waals surface area (Å²) in [6, 6.07) is 17.6. The minimum absolute atomic E-state index is 0.219. The van der Waals surface area contributed by atoms with Crippen molar-refractivity contribution >= 4 is 50.6 Å². The largest absolute Gasteiger partial charge is 0.398 e. The Morgan fingerprint density at radius 2 is 1.53 bits per heavy atom. The number of nitrogens with two attached hydrogens (primary N) is 1. The molecule has 0 heterocycles. The van der Waals surface area contributed by atoms with E-state index in [4.69, 9.17) is 17.3 Å². The third kappa shape index (κ3) is 5.45. The monoisotopic (exact) mass is 513 g/mol. The summed E-state index contributed by atoms with van der Waals surface area (Å²) in [6.45, 7) is 6.60. The molecule has 0 saturated carbocycles. The topological polar surface area (TPSA) is 58.4 Å². The summed E-state index contributed by atoms with van der Waals surface area (Å²) in [4.78, 5) is 15.4. The number of carbonyl (C=O) groups is 1. The molecule has 3 aromatic carbocycles. The Morgan fingerprint density at radius 3 is 2.09 bits per heavy atom. The Kier molecular flexibility index (Phi) is 8.21. The molecular weight excluding hydrogens is 486 g/mol. The maximum atomic E-state index is 13.6. The van der Waals surface area contributed by atoms with E-state index in [0.717, 1.165) is 39.0 Å². The molecule has 0 aromatic heterocycles. The van der Waals surface area contributed by atoms with Crippen molar-refractivity contribution in [3.8, 4) is 0 Å². The summed E-state index contributed by atoms with van der Waals surface area (Å²) in [5, 5.41) is 3.71. The van der Waals surface area contributed by atoms with E-state index >= 15 is 0 Å². The number of aryl methyl sites for hydroxylation is 1. The van der Waals surface area contributed by atoms with Gasteiger partial charge in [0.2, 0.25) is 0 Å². The highest BCUT2D eigenvalue weighted by molar-refractivity contribution is 9.10. The first kappa shape index (κ1) is 24.1. The van der Waals surface area contributed by atoms with E-state index in [1.165, 1.54) is 5.56 Å². The maximum Gasteiger partial charge on any atom is 0.326 e. The molecule has 3 N–H and O–H groups in total. The van der Waals surface area contributed by atoms with Crippen molar-refractivity contribution in [3.05, 3.63) is 86.3 Å². The molecule has 0 fully saturated rings. The Bertz CT molecular complexity index is 1050. The molecule has 0 bridgehead atoms. The average molecular weight is 515 g/mol. The van der Waals surface area contributed by atoms with Crippen molar-refractivity contribution in [3.63, 3.8) is 0 Å². The lowest BCUT2D eigenvalue weighted by Crippen LogP contribution is -2.35. The number of nitrogens with one attached hydrogen (secondary N) is 1. The van der Waals surface area contributed by atoms with Crippen molar-refractivity contribution < 1.29 is 4.79 Å². The summed E-state index contributed by atoms with van der Waals surface area (Å²) < 4.78 is 0.999. The summed E-state index contributed by atoms with van der Waals surface area (Å²) in [5.74, 6) is 0. The highest BCUT2D eigenvalue weighted by Crippen LogP contribution is 2.34. The standard InChI is InChI=1S/C26H29BrClN3O/c1-4-17-9-13-20(14-10-17)31(16-18-7-11-19(27)12-8-18)26(32)30-25-21(5-2)23(28)15-24(29)22(25)6-3/h7-15H,4-6,16,29H2,1-3H3,(H,30,32). The number of halogens is 2. The van der Waals surface area contributed by atoms with Crippen LogP contribution in [0.1, 0.15) is 43.0 Å². The summed E-state index contributed by atoms with van der Waals surface area (Å²) in [5.41, 5.74) is 12.4. The molecule has 3 rings (SSSR count). The third-order valence-electron chi connectivity index (χ3n) is 5.62. The Hall–Kier alpha value is -2.50. The summed E-state index contributed by atoms with van der Waals surface area (Å²) in [7, 11) is 0. The number of carbonyl (C=O) groups excluding carboxylic acids is 1. The van der Waals surface area contributed by atoms with Crippen molar-refractivity contribution in [2.24, 2.45) is 0 Å². The van der Waals surface area contributed by atoms with Gasteiger partial charge in [-0.05, 0) is 71.8 Å². The van der Waals surface area contributed by atoms with Gasteiger partial charge in [-0.1, -0.05) is 72.6 Å². The van der Waals surface area contributed by atoms with E-state index in [2.05, 4.69) is 40.3 Å². The molecule has 168 valence electrons. The van der Waals surface area contributed by atoms with Crippen LogP contribution in [0.5, 0.6) is 0 Å². The molecule has 6 heteroatoms. The van der Waals surface area contributed by atoms with Crippen LogP contribution >= 0.6 is 27.5 Å². The number of hydrogen-bond donors (Lipinski definition) is 2. The fourth-order valence-electron chi connectivity index (χ4n) is 3.77. The molecule has 0 atom stereocenters. The maximum absolute atomic E-state index is 13.6. The second-order valence-corrected chi connectivity index (χ2v) is 8.97. The lowest BCUT2D eigenvalue weighted by atomic mass is 10.0. The first-order valence-electron chi connectivity index (χ1n) is 10.9. The van der Waals surface area contributed by atoms with E-state index in [-0.39, 0.29) is 6.03 Å². The minimum atomic E-state index is -0.219. The van der Waals surface area contributed by atoms with Gasteiger partial charge >= 0.3 is 6.03 Å². The van der Waals surface area contributed by atoms with Gasteiger partial charge in [-0.3, -0.25) is 4.90 Å². The highest BCUT2D eigenvalue weighted by Gasteiger charge is 2.21. The van der Waals surface area contributed by atoms with Crippen LogP contribution in [-0.2, 0) is 25.8 Å². The van der Waals surface area contributed by atoms with Gasteiger partial charge in [0, 0.05) is 20.9 Å². The number of amides is 2. The fourth-order valence-corrected chi connectivity index (χ4v) is 4.38. The number of anilines is 3. The normalized spacial score (nSPS) is 10.8. The second-order valence-electron chi connectivity index (χ2n) is 7.65. The quantitative estimate of drug-likeness (QED) is 0.319. The van der Waals surface area contributed by atoms with Crippen LogP contribution in [0.25, 0.3) is 0 Å². The Labute approximate surface area is 203 Å². The van der Waals surface area contributed by atoms with Gasteiger partial charge < -0.3 is 11.1 Å². The number of urea groups is 1. The van der Waals surface area contributed by atoms with Crippen LogP contribution in [0.15, 0.2) is 59.1 Å². The van der Waals surface area contributed by atoms with Crippen LogP contribution in [0.2, 0.25) is 5.02 Å². The van der Waals surface area contributed by atoms with Gasteiger partial charge in [0.15, 0.2) is 0 Å². The van der Waals surface area contributed by atoms with E-state index in [9.17, 15) is 4.79 Å². The predicted molar refractivity (Wildman–Crippen MR) is 140 cm³/mol. The zero-order valence-corrected chi connectivity index (χ0v) is 21.1. The van der Waals surface area contributed by atoms with E-state index in [1.807, 2.05) is 50.2 Å². The highest BCUT2D eigenvalue weighted by atomic mass is 79.9. The third-order valence-corrected chi connectivity index (χ3v) is 6.48. The molecule has 0 aliphatic rings. The van der Waals surface area contributed by atoms with Crippen LogP contribution in [0.4, 0.5) is 21.9 Å². The predicted octanol–water partition coefficient (Wildman–Crippen LogP) is 7.61. The number of rotatable bonds is 7. The smallest absolute Gasteiger partial charge is 0.326 e. The van der Waals surface area contributed by atoms with E-state index in [0.29, 0.717) is 30.1 Å². The van der Waals surface area contributed by atoms with Gasteiger partial charge in [0.1, 0.15) is 0 Å². The van der Waals surface area contributed by atoms with Gasteiger partial charge in [0.25, 0.3) is 0 Å². The molecule has 0 unspecified atom stereocenters. The zero-order valence-electron chi connectivity index (χ0n) is 18.7. The molecule has 2 amide bonds. The van der Waals surface area contributed by atoms with Crippen LogP contribution < -0.4 is 16.0 Å². The molecule has 32 heavy (non-hydrogen) atoms. The second kappa shape index (κ2) is 10.9. The average Bonchev–Trinajstić information content (AvgIpc) is 2.79. The first-order chi connectivity index (χ1) is 15.4. The molecular formula is C26H29BrClN3O. The molecule has 0 aliphatic heterocycles. The van der Waals surface area contributed by atoms with Gasteiger partial charge in [0.05, 0.1) is 12.2 Å². The molecule has 3 aromatic rings. The summed E-state index contributed by atoms with van der Waals surface area (Å²) >= 11 is 9.95. The lowest BCUT2D eigenvalue weighted by molar-refractivity contribution is 0.256. The molecule has 0 saturated heterocycles. The summed E-state index contributed by atoms with van der Waals surface area (Å²) in [6.07, 6.45) is 2.34. The number of nitrogens with zero attached hydrogens (tertiary/aromatic N) is 1. The van der Waals surface area contributed by atoms with E-state index in [1.54, 1.807) is 11.0 Å². The minimum Gasteiger partial charge on any atom is -0.398 e. The lowest BCUT2D eigenvalue weighted by Gasteiger charge is -2.26. The Morgan fingerprint density at radius 1 is 0.938 bits per heavy atom. The van der Waals surface area contributed by atoms with Crippen LogP contribution in [-0.4, -0.2) is 6.03 Å². The molecule has 0 radical (unpaired) electrons. The van der Waals surface area contributed by atoms with Crippen LogP contribution in [0.3, 0.4) is 0 Å². The van der Waals surface area contributed by atoms with Gasteiger partial charge in [-0.2, -0.15) is 0 Å². The van der Waals surface area contributed by atoms with Gasteiger partial charge in [-0.15, -0.1) is 0 Å². The van der Waals surface area contributed by atoms with E-state index < -0.39 is 0 Å². The fraction of sp³-hybridized carbons (Fsp3) is 0.269. The number of benzene rings is 3. The number of hydrogen-bond acceptors (Lipinski definition) is 2. The van der Waals surface area contributed by atoms with Crippen molar-refractivity contribution in [1.29, 1.82) is 0 Å². The van der Waals surface area contributed by atoms with Crippen molar-refractivity contribution in [2.75, 3.05) is 16.0 Å². The van der Waals surface area contributed by atoms with Crippen molar-refractivity contribution in [2.45, 2.75) is 46.6 Å². The zero-order chi connectivity index (χ0) is 23.3. The van der Waals surface area contributed by atoms with Gasteiger partial charge in [-0.25, -0.2) is 4.79 Å². The number of nitrogen functional groups attached to an aromatic ring is 1. The Balaban J connectivity index is 2.01.